The number of halogens is 2. The SMILES string of the molecule is O[CH]c1ccc(Br)c(F)c1. The molecule has 0 saturated heterocycles. The Morgan fingerprint density at radius 1 is 1.50 bits per heavy atom. The molecule has 0 saturated carbocycles. The van der Waals surface area contributed by atoms with E-state index in [9.17, 15) is 4.39 Å². The number of rotatable bonds is 1. The van der Waals surface area contributed by atoms with Crippen LogP contribution in [0.3, 0.4) is 0 Å². The predicted molar refractivity (Wildman–Crippen MR) is 39.4 cm³/mol. The van der Waals surface area contributed by atoms with Crippen molar-refractivity contribution in [2.24, 2.45) is 0 Å². The van der Waals surface area contributed by atoms with Crippen molar-refractivity contribution in [1.29, 1.82) is 0 Å². The first-order chi connectivity index (χ1) is 4.74. The van der Waals surface area contributed by atoms with E-state index in [1.54, 1.807) is 6.07 Å². The third-order valence-electron chi connectivity index (χ3n) is 1.09. The monoisotopic (exact) mass is 203 g/mol. The van der Waals surface area contributed by atoms with E-state index in [0.717, 1.165) is 6.61 Å². The molecule has 1 N–H and O–H groups in total. The van der Waals surface area contributed by atoms with E-state index < -0.39 is 0 Å². The van der Waals surface area contributed by atoms with Crippen LogP contribution in [0.25, 0.3) is 0 Å². The fourth-order valence-electron chi connectivity index (χ4n) is 0.593. The first kappa shape index (κ1) is 7.69. The fourth-order valence-corrected chi connectivity index (χ4v) is 0.839. The molecule has 0 aromatic heterocycles. The van der Waals surface area contributed by atoms with Gasteiger partial charge in [-0.3, -0.25) is 0 Å². The average Bonchev–Trinajstić information content (AvgIpc) is 1.95. The minimum Gasteiger partial charge on any atom is -0.385 e. The maximum atomic E-state index is 12.6. The van der Waals surface area contributed by atoms with E-state index >= 15 is 0 Å². The second kappa shape index (κ2) is 3.12. The van der Waals surface area contributed by atoms with E-state index in [2.05, 4.69) is 15.9 Å². The van der Waals surface area contributed by atoms with E-state index in [4.69, 9.17) is 5.11 Å². The van der Waals surface area contributed by atoms with Gasteiger partial charge in [-0.15, -0.1) is 0 Å². The highest BCUT2D eigenvalue weighted by molar-refractivity contribution is 9.10. The fraction of sp³-hybridized carbons (Fsp3) is 0. The summed E-state index contributed by atoms with van der Waals surface area (Å²) >= 11 is 2.99. The number of aliphatic hydroxyl groups is 1. The van der Waals surface area contributed by atoms with Crippen LogP contribution in [-0.4, -0.2) is 5.11 Å². The Labute approximate surface area is 66.6 Å². The van der Waals surface area contributed by atoms with Gasteiger partial charge in [0.25, 0.3) is 0 Å². The molecule has 10 heavy (non-hydrogen) atoms. The smallest absolute Gasteiger partial charge is 0.137 e. The molecule has 0 bridgehead atoms. The standard InChI is InChI=1S/C7H5BrFO/c8-6-2-1-5(4-10)3-7(6)9/h1-4,10H. The number of aliphatic hydroxyl groups excluding tert-OH is 1. The molecule has 0 fully saturated rings. The highest BCUT2D eigenvalue weighted by Crippen LogP contribution is 2.16. The summed E-state index contributed by atoms with van der Waals surface area (Å²) < 4.78 is 13.0. The summed E-state index contributed by atoms with van der Waals surface area (Å²) in [6.07, 6.45) is 0. The lowest BCUT2D eigenvalue weighted by Gasteiger charge is -1.95. The molecular formula is C7H5BrFO. The van der Waals surface area contributed by atoms with Crippen LogP contribution in [0.2, 0.25) is 0 Å². The van der Waals surface area contributed by atoms with Crippen LogP contribution in [0.5, 0.6) is 0 Å². The molecule has 1 aromatic carbocycles. The van der Waals surface area contributed by atoms with Gasteiger partial charge in [0.05, 0.1) is 4.47 Å². The van der Waals surface area contributed by atoms with Gasteiger partial charge in [-0.2, -0.15) is 0 Å². The lowest BCUT2D eigenvalue weighted by Crippen LogP contribution is -1.82. The highest BCUT2D eigenvalue weighted by Gasteiger charge is 1.98. The minimum absolute atomic E-state index is 0.372. The zero-order valence-corrected chi connectivity index (χ0v) is 6.60. The largest absolute Gasteiger partial charge is 0.385 e. The molecule has 0 aliphatic rings. The Morgan fingerprint density at radius 2 is 2.20 bits per heavy atom. The van der Waals surface area contributed by atoms with E-state index in [1.165, 1.54) is 12.1 Å². The lowest BCUT2D eigenvalue weighted by molar-refractivity contribution is 0.414. The molecule has 0 heterocycles. The Morgan fingerprint density at radius 3 is 2.70 bits per heavy atom. The van der Waals surface area contributed by atoms with E-state index in [0.29, 0.717) is 10.0 Å². The van der Waals surface area contributed by atoms with Gasteiger partial charge in [-0.1, -0.05) is 6.07 Å². The molecule has 1 nitrogen and oxygen atoms in total. The first-order valence-electron chi connectivity index (χ1n) is 2.66. The summed E-state index contributed by atoms with van der Waals surface area (Å²) in [6.45, 7) is 0.857. The Bertz CT molecular complexity index is 237. The maximum absolute atomic E-state index is 12.6. The predicted octanol–water partition coefficient (Wildman–Crippen LogP) is 2.47. The molecule has 0 aliphatic heterocycles. The second-order valence-corrected chi connectivity index (χ2v) is 2.66. The molecule has 53 valence electrons. The topological polar surface area (TPSA) is 20.2 Å². The summed E-state index contributed by atoms with van der Waals surface area (Å²) in [5.41, 5.74) is 0.459. The maximum Gasteiger partial charge on any atom is 0.137 e. The first-order valence-corrected chi connectivity index (χ1v) is 3.46. The van der Waals surface area contributed by atoms with Gasteiger partial charge < -0.3 is 5.11 Å². The molecule has 0 spiro atoms. The zero-order chi connectivity index (χ0) is 7.56. The molecular weight excluding hydrogens is 199 g/mol. The molecule has 0 aliphatic carbocycles. The van der Waals surface area contributed by atoms with Crippen molar-refractivity contribution in [1.82, 2.24) is 0 Å². The molecule has 0 atom stereocenters. The van der Waals surface area contributed by atoms with Crippen LogP contribution in [0, 0.1) is 12.4 Å². The Hall–Kier alpha value is -0.410. The lowest BCUT2D eigenvalue weighted by atomic mass is 10.2. The summed E-state index contributed by atoms with van der Waals surface area (Å²) in [5, 5.41) is 8.45. The molecule has 3 heteroatoms. The van der Waals surface area contributed by atoms with Crippen LogP contribution in [0.15, 0.2) is 22.7 Å². The Kier molecular flexibility index (Phi) is 2.40. The van der Waals surface area contributed by atoms with Gasteiger partial charge in [-0.05, 0) is 33.6 Å². The zero-order valence-electron chi connectivity index (χ0n) is 5.01. The van der Waals surface area contributed by atoms with Gasteiger partial charge in [0.15, 0.2) is 0 Å². The number of benzene rings is 1. The van der Waals surface area contributed by atoms with Crippen LogP contribution in [0.1, 0.15) is 5.56 Å². The van der Waals surface area contributed by atoms with Crippen molar-refractivity contribution in [3.8, 4) is 0 Å². The minimum atomic E-state index is -0.372. The van der Waals surface area contributed by atoms with Gasteiger partial charge in [-0.25, -0.2) is 4.39 Å². The van der Waals surface area contributed by atoms with Crippen LogP contribution >= 0.6 is 15.9 Å². The van der Waals surface area contributed by atoms with Crippen molar-refractivity contribution in [3.05, 3.63) is 40.7 Å². The van der Waals surface area contributed by atoms with Crippen LogP contribution in [-0.2, 0) is 0 Å². The second-order valence-electron chi connectivity index (χ2n) is 1.80. The number of hydrogen-bond acceptors (Lipinski definition) is 1. The highest BCUT2D eigenvalue weighted by atomic mass is 79.9. The molecule has 1 rings (SSSR count). The summed E-state index contributed by atoms with van der Waals surface area (Å²) in [6, 6.07) is 4.38. The third-order valence-corrected chi connectivity index (χ3v) is 1.74. The van der Waals surface area contributed by atoms with Gasteiger partial charge in [0.1, 0.15) is 12.4 Å². The molecule has 0 unspecified atom stereocenters. The van der Waals surface area contributed by atoms with Crippen molar-refractivity contribution in [2.45, 2.75) is 0 Å². The normalized spacial score (nSPS) is 9.90. The van der Waals surface area contributed by atoms with Crippen molar-refractivity contribution < 1.29 is 9.50 Å². The van der Waals surface area contributed by atoms with Gasteiger partial charge in [0.2, 0.25) is 0 Å². The molecule has 1 radical (unpaired) electrons. The van der Waals surface area contributed by atoms with Crippen molar-refractivity contribution >= 4 is 15.9 Å². The van der Waals surface area contributed by atoms with E-state index in [1.807, 2.05) is 0 Å². The van der Waals surface area contributed by atoms with Gasteiger partial charge in [0, 0.05) is 0 Å². The quantitative estimate of drug-likeness (QED) is 0.744. The average molecular weight is 204 g/mol. The van der Waals surface area contributed by atoms with Crippen LogP contribution < -0.4 is 0 Å². The third kappa shape index (κ3) is 1.55. The van der Waals surface area contributed by atoms with Crippen molar-refractivity contribution in [3.63, 3.8) is 0 Å². The summed E-state index contributed by atoms with van der Waals surface area (Å²) in [5.74, 6) is -0.372. The van der Waals surface area contributed by atoms with E-state index in [-0.39, 0.29) is 5.82 Å². The van der Waals surface area contributed by atoms with Crippen molar-refractivity contribution in [2.75, 3.05) is 0 Å². The van der Waals surface area contributed by atoms with Crippen LogP contribution in [0.4, 0.5) is 4.39 Å². The number of hydrogen-bond donors (Lipinski definition) is 1. The Balaban J connectivity index is 3.04. The molecule has 0 amide bonds. The molecule has 1 aromatic rings. The summed E-state index contributed by atoms with van der Waals surface area (Å²) in [7, 11) is 0. The summed E-state index contributed by atoms with van der Waals surface area (Å²) in [4.78, 5) is 0. The van der Waals surface area contributed by atoms with Gasteiger partial charge >= 0.3 is 0 Å².